The summed E-state index contributed by atoms with van der Waals surface area (Å²) in [6.07, 6.45) is 6.37. The van der Waals surface area contributed by atoms with E-state index in [0.29, 0.717) is 6.10 Å². The zero-order chi connectivity index (χ0) is 9.64. The minimum atomic E-state index is 0.381. The lowest BCUT2D eigenvalue weighted by molar-refractivity contribution is 0.165. The predicted molar refractivity (Wildman–Crippen MR) is 58.2 cm³/mol. The number of hydrogen-bond acceptors (Lipinski definition) is 2. The van der Waals surface area contributed by atoms with Crippen molar-refractivity contribution >= 4 is 5.69 Å². The highest BCUT2D eigenvalue weighted by molar-refractivity contribution is 5.42. The first-order valence-electron chi connectivity index (χ1n) is 5.04. The highest BCUT2D eigenvalue weighted by Gasteiger charge is 2.09. The van der Waals surface area contributed by atoms with Gasteiger partial charge in [0.2, 0.25) is 0 Å². The maximum absolute atomic E-state index is 5.37. The third-order valence-corrected chi connectivity index (χ3v) is 2.34. The van der Waals surface area contributed by atoms with Crippen LogP contribution in [0.15, 0.2) is 42.7 Å². The number of ether oxygens (including phenoxy) is 1. The Hall–Kier alpha value is -1.44. The smallest absolute Gasteiger partial charge is 0.103 e. The van der Waals surface area contributed by atoms with Crippen LogP contribution in [-0.4, -0.2) is 12.6 Å². The molecule has 0 radical (unpaired) electrons. The van der Waals surface area contributed by atoms with Crippen LogP contribution in [0, 0.1) is 0 Å². The van der Waals surface area contributed by atoms with Crippen molar-refractivity contribution in [1.29, 1.82) is 0 Å². The zero-order valence-corrected chi connectivity index (χ0v) is 8.15. The van der Waals surface area contributed by atoms with Crippen LogP contribution in [0.25, 0.3) is 0 Å². The molecule has 1 aromatic carbocycles. The van der Waals surface area contributed by atoms with Crippen molar-refractivity contribution in [2.24, 2.45) is 0 Å². The standard InChI is InChI=1S/C12H15NO/c1-2-5-11(6-3-1)13-9-8-12-7-4-10-14-12/h1-6,10,12-13H,7-9H2. The van der Waals surface area contributed by atoms with Crippen LogP contribution in [0.5, 0.6) is 0 Å². The van der Waals surface area contributed by atoms with Gasteiger partial charge in [0, 0.05) is 25.1 Å². The van der Waals surface area contributed by atoms with Gasteiger partial charge in [-0.3, -0.25) is 0 Å². The zero-order valence-electron chi connectivity index (χ0n) is 8.15. The van der Waals surface area contributed by atoms with E-state index in [1.807, 2.05) is 18.2 Å². The Balaban J connectivity index is 1.68. The fraction of sp³-hybridized carbons (Fsp3) is 0.333. The molecule has 0 fully saturated rings. The van der Waals surface area contributed by atoms with Gasteiger partial charge >= 0.3 is 0 Å². The summed E-state index contributed by atoms with van der Waals surface area (Å²) in [5, 5.41) is 3.36. The number of rotatable bonds is 4. The molecule has 0 saturated heterocycles. The van der Waals surface area contributed by atoms with Crippen LogP contribution in [0.2, 0.25) is 0 Å². The van der Waals surface area contributed by atoms with E-state index in [-0.39, 0.29) is 0 Å². The van der Waals surface area contributed by atoms with E-state index in [1.54, 1.807) is 6.26 Å². The first-order chi connectivity index (χ1) is 6.95. The lowest BCUT2D eigenvalue weighted by atomic mass is 10.2. The van der Waals surface area contributed by atoms with Crippen molar-refractivity contribution in [3.8, 4) is 0 Å². The van der Waals surface area contributed by atoms with E-state index in [1.165, 1.54) is 5.69 Å². The van der Waals surface area contributed by atoms with Crippen LogP contribution in [-0.2, 0) is 4.74 Å². The molecule has 1 atom stereocenters. The van der Waals surface area contributed by atoms with E-state index >= 15 is 0 Å². The van der Waals surface area contributed by atoms with Crippen LogP contribution >= 0.6 is 0 Å². The average Bonchev–Trinajstić information content (AvgIpc) is 2.72. The molecule has 0 aliphatic carbocycles. The lowest BCUT2D eigenvalue weighted by Crippen LogP contribution is -2.12. The van der Waals surface area contributed by atoms with Gasteiger partial charge < -0.3 is 10.1 Å². The molecule has 1 aliphatic rings. The van der Waals surface area contributed by atoms with Gasteiger partial charge in [-0.2, -0.15) is 0 Å². The molecule has 74 valence electrons. The van der Waals surface area contributed by atoms with Gasteiger partial charge in [0.1, 0.15) is 6.10 Å². The third-order valence-electron chi connectivity index (χ3n) is 2.34. The van der Waals surface area contributed by atoms with Crippen molar-refractivity contribution in [1.82, 2.24) is 0 Å². The highest BCUT2D eigenvalue weighted by Crippen LogP contribution is 2.13. The number of para-hydroxylation sites is 1. The first-order valence-corrected chi connectivity index (χ1v) is 5.04. The Bertz CT molecular complexity index is 286. The van der Waals surface area contributed by atoms with E-state index in [2.05, 4.69) is 23.5 Å². The molecule has 1 aliphatic heterocycles. The Labute approximate surface area is 84.6 Å². The van der Waals surface area contributed by atoms with Crippen molar-refractivity contribution in [2.45, 2.75) is 18.9 Å². The maximum atomic E-state index is 5.37. The van der Waals surface area contributed by atoms with Gasteiger partial charge in [0.05, 0.1) is 6.26 Å². The second-order valence-electron chi connectivity index (χ2n) is 3.45. The molecular weight excluding hydrogens is 174 g/mol. The second-order valence-corrected chi connectivity index (χ2v) is 3.45. The molecule has 1 heterocycles. The number of benzene rings is 1. The van der Waals surface area contributed by atoms with Gasteiger partial charge in [-0.05, 0) is 18.2 Å². The predicted octanol–water partition coefficient (Wildman–Crippen LogP) is 2.79. The fourth-order valence-corrected chi connectivity index (χ4v) is 1.55. The normalized spacial score (nSPS) is 19.3. The Morgan fingerprint density at radius 1 is 1.29 bits per heavy atom. The number of nitrogens with one attached hydrogen (secondary N) is 1. The highest BCUT2D eigenvalue weighted by atomic mass is 16.5. The largest absolute Gasteiger partial charge is 0.498 e. The number of hydrogen-bond donors (Lipinski definition) is 1. The van der Waals surface area contributed by atoms with Gasteiger partial charge in [0.15, 0.2) is 0 Å². The van der Waals surface area contributed by atoms with Gasteiger partial charge in [0.25, 0.3) is 0 Å². The third kappa shape index (κ3) is 2.52. The van der Waals surface area contributed by atoms with Crippen LogP contribution in [0.1, 0.15) is 12.8 Å². The molecule has 2 nitrogen and oxygen atoms in total. The average molecular weight is 189 g/mol. The summed E-state index contributed by atoms with van der Waals surface area (Å²) in [4.78, 5) is 0. The quantitative estimate of drug-likeness (QED) is 0.786. The lowest BCUT2D eigenvalue weighted by Gasteiger charge is -2.11. The fourth-order valence-electron chi connectivity index (χ4n) is 1.55. The molecule has 2 heteroatoms. The van der Waals surface area contributed by atoms with Crippen LogP contribution in [0.3, 0.4) is 0 Å². The summed E-state index contributed by atoms with van der Waals surface area (Å²) in [6, 6.07) is 10.3. The molecule has 1 aromatic rings. The van der Waals surface area contributed by atoms with Gasteiger partial charge in [-0.15, -0.1) is 0 Å². The van der Waals surface area contributed by atoms with E-state index in [9.17, 15) is 0 Å². The van der Waals surface area contributed by atoms with E-state index in [0.717, 1.165) is 19.4 Å². The first kappa shape index (κ1) is 9.13. The van der Waals surface area contributed by atoms with Crippen LogP contribution in [0.4, 0.5) is 5.69 Å². The molecule has 2 rings (SSSR count). The van der Waals surface area contributed by atoms with Crippen LogP contribution < -0.4 is 5.32 Å². The molecule has 0 bridgehead atoms. The van der Waals surface area contributed by atoms with Crippen molar-refractivity contribution in [3.63, 3.8) is 0 Å². The molecule has 1 unspecified atom stereocenters. The van der Waals surface area contributed by atoms with Crippen molar-refractivity contribution < 1.29 is 4.74 Å². The van der Waals surface area contributed by atoms with Crippen molar-refractivity contribution in [3.05, 3.63) is 42.7 Å². The molecule has 14 heavy (non-hydrogen) atoms. The SMILES string of the molecule is C1=COC(CCNc2ccccc2)C1. The topological polar surface area (TPSA) is 21.3 Å². The number of anilines is 1. The summed E-state index contributed by atoms with van der Waals surface area (Å²) >= 11 is 0. The molecule has 0 amide bonds. The Morgan fingerprint density at radius 3 is 2.86 bits per heavy atom. The molecule has 0 aromatic heterocycles. The summed E-state index contributed by atoms with van der Waals surface area (Å²) in [5.41, 5.74) is 1.18. The molecule has 1 N–H and O–H groups in total. The van der Waals surface area contributed by atoms with Gasteiger partial charge in [-0.25, -0.2) is 0 Å². The maximum Gasteiger partial charge on any atom is 0.103 e. The summed E-state index contributed by atoms with van der Waals surface area (Å²) in [7, 11) is 0. The minimum absolute atomic E-state index is 0.381. The summed E-state index contributed by atoms with van der Waals surface area (Å²) < 4.78 is 5.37. The van der Waals surface area contributed by atoms with E-state index < -0.39 is 0 Å². The van der Waals surface area contributed by atoms with Crippen molar-refractivity contribution in [2.75, 3.05) is 11.9 Å². The second kappa shape index (κ2) is 4.70. The Morgan fingerprint density at radius 2 is 2.14 bits per heavy atom. The monoisotopic (exact) mass is 189 g/mol. The minimum Gasteiger partial charge on any atom is -0.498 e. The summed E-state index contributed by atoms with van der Waals surface area (Å²) in [5.74, 6) is 0. The summed E-state index contributed by atoms with van der Waals surface area (Å²) in [6.45, 7) is 0.969. The Kier molecular flexibility index (Phi) is 3.06. The molecule has 0 spiro atoms. The van der Waals surface area contributed by atoms with Gasteiger partial charge in [-0.1, -0.05) is 18.2 Å². The molecular formula is C12H15NO. The molecule has 0 saturated carbocycles. The van der Waals surface area contributed by atoms with E-state index in [4.69, 9.17) is 4.74 Å².